The maximum Gasteiger partial charge on any atom is 0.0632 e. The molecule has 1 rings (SSSR count). The molecule has 1 fully saturated rings. The van der Waals surface area contributed by atoms with Gasteiger partial charge in [0.15, 0.2) is 0 Å². The number of rotatable bonds is 0. The van der Waals surface area contributed by atoms with Crippen LogP contribution in [0.2, 0.25) is 0 Å². The molecule has 18 heavy (non-hydrogen) atoms. The highest BCUT2D eigenvalue weighted by Gasteiger charge is 2.40. The molecule has 1 aliphatic rings. The summed E-state index contributed by atoms with van der Waals surface area (Å²) in [4.78, 5) is 0. The van der Waals surface area contributed by atoms with E-state index < -0.39 is 0 Å². The average molecular weight is 253 g/mol. The second-order valence-electron chi connectivity index (χ2n) is 7.03. The zero-order valence-electron chi connectivity index (χ0n) is 12.8. The molecule has 0 bridgehead atoms. The van der Waals surface area contributed by atoms with Gasteiger partial charge >= 0.3 is 0 Å². The summed E-state index contributed by atoms with van der Waals surface area (Å²) in [6.07, 6.45) is 11.4. The maximum atomic E-state index is 9.35. The Kier molecular flexibility index (Phi) is 5.68. The quantitative estimate of drug-likeness (QED) is 0.455. The molecule has 0 aromatic rings. The van der Waals surface area contributed by atoms with Crippen molar-refractivity contribution in [3.05, 3.63) is 0 Å². The molecule has 2 heteroatoms. The predicted octanol–water partition coefficient (Wildman–Crippen LogP) is 5.39. The van der Waals surface area contributed by atoms with Crippen LogP contribution < -0.4 is 0 Å². The lowest BCUT2D eigenvalue weighted by molar-refractivity contribution is 0.156. The van der Waals surface area contributed by atoms with Crippen molar-refractivity contribution in [3.8, 4) is 0 Å². The molecule has 0 unspecified atom stereocenters. The molecule has 0 spiro atoms. The zero-order valence-corrected chi connectivity index (χ0v) is 12.8. The predicted molar refractivity (Wildman–Crippen MR) is 78.3 cm³/mol. The van der Waals surface area contributed by atoms with E-state index >= 15 is 0 Å². The molecule has 0 heterocycles. The summed E-state index contributed by atoms with van der Waals surface area (Å²) in [5, 5.41) is 13.0. The van der Waals surface area contributed by atoms with Crippen molar-refractivity contribution in [2.45, 2.75) is 85.5 Å². The Hall–Kier alpha value is -0.530. The molecule has 0 aromatic heterocycles. The summed E-state index contributed by atoms with van der Waals surface area (Å²) >= 11 is 0. The van der Waals surface area contributed by atoms with E-state index in [4.69, 9.17) is 0 Å². The minimum Gasteiger partial charge on any atom is -0.411 e. The number of hydrogen-bond acceptors (Lipinski definition) is 2. The molecular formula is C16H31NO. The first kappa shape index (κ1) is 15.5. The van der Waals surface area contributed by atoms with Crippen LogP contribution in [0.25, 0.3) is 0 Å². The molecule has 106 valence electrons. The highest BCUT2D eigenvalue weighted by Crippen LogP contribution is 2.45. The third kappa shape index (κ3) is 3.73. The first-order valence-electron chi connectivity index (χ1n) is 7.63. The van der Waals surface area contributed by atoms with Crippen molar-refractivity contribution >= 4 is 5.71 Å². The smallest absolute Gasteiger partial charge is 0.0632 e. The van der Waals surface area contributed by atoms with E-state index in [2.05, 4.69) is 32.9 Å². The van der Waals surface area contributed by atoms with Crippen molar-refractivity contribution in [2.24, 2.45) is 16.0 Å². The minimum absolute atomic E-state index is 0.0129. The molecule has 1 aliphatic carbocycles. The Labute approximate surface area is 113 Å². The Morgan fingerprint density at radius 3 is 1.89 bits per heavy atom. The molecule has 1 N–H and O–H groups in total. The van der Waals surface area contributed by atoms with Crippen LogP contribution in [0.1, 0.15) is 85.5 Å². The average Bonchev–Trinajstić information content (AvgIpc) is 2.29. The van der Waals surface area contributed by atoms with Crippen molar-refractivity contribution in [1.82, 2.24) is 0 Å². The van der Waals surface area contributed by atoms with Gasteiger partial charge in [0.2, 0.25) is 0 Å². The first-order valence-corrected chi connectivity index (χ1v) is 7.63. The molecule has 0 atom stereocenters. The number of hydrogen-bond donors (Lipinski definition) is 1. The van der Waals surface area contributed by atoms with E-state index in [1.807, 2.05) is 0 Å². The highest BCUT2D eigenvalue weighted by molar-refractivity contribution is 5.89. The topological polar surface area (TPSA) is 32.6 Å². The fourth-order valence-corrected chi connectivity index (χ4v) is 2.93. The number of nitrogens with zero attached hydrogens (tertiary/aromatic N) is 1. The van der Waals surface area contributed by atoms with Gasteiger partial charge in [-0.25, -0.2) is 0 Å². The first-order chi connectivity index (χ1) is 8.42. The van der Waals surface area contributed by atoms with Crippen LogP contribution in [0, 0.1) is 10.8 Å². The summed E-state index contributed by atoms with van der Waals surface area (Å²) in [6, 6.07) is 0. The second kappa shape index (κ2) is 6.58. The Bertz CT molecular complexity index is 279. The maximum absolute atomic E-state index is 9.35. The monoisotopic (exact) mass is 253 g/mol. The largest absolute Gasteiger partial charge is 0.411 e. The van der Waals surface area contributed by atoms with Crippen molar-refractivity contribution in [1.29, 1.82) is 0 Å². The fourth-order valence-electron chi connectivity index (χ4n) is 2.93. The van der Waals surface area contributed by atoms with E-state index in [0.717, 1.165) is 12.1 Å². The van der Waals surface area contributed by atoms with Gasteiger partial charge in [0, 0.05) is 5.41 Å². The Morgan fingerprint density at radius 1 is 0.833 bits per heavy atom. The normalized spacial score (nSPS) is 28.3. The summed E-state index contributed by atoms with van der Waals surface area (Å²) < 4.78 is 0. The zero-order chi connectivity index (χ0) is 13.6. The third-order valence-electron chi connectivity index (χ3n) is 5.25. The van der Waals surface area contributed by atoms with Crippen LogP contribution in [0.3, 0.4) is 0 Å². The lowest BCUT2D eigenvalue weighted by atomic mass is 9.62. The molecule has 0 amide bonds. The van der Waals surface area contributed by atoms with Crippen LogP contribution in [0.5, 0.6) is 0 Å². The van der Waals surface area contributed by atoms with Gasteiger partial charge in [-0.15, -0.1) is 0 Å². The Balaban J connectivity index is 2.83. The van der Waals surface area contributed by atoms with Crippen LogP contribution in [-0.4, -0.2) is 10.9 Å². The molecule has 2 nitrogen and oxygen atoms in total. The van der Waals surface area contributed by atoms with Crippen molar-refractivity contribution in [3.63, 3.8) is 0 Å². The van der Waals surface area contributed by atoms with Crippen molar-refractivity contribution < 1.29 is 5.21 Å². The van der Waals surface area contributed by atoms with Gasteiger partial charge in [0.1, 0.15) is 0 Å². The van der Waals surface area contributed by atoms with E-state index in [-0.39, 0.29) is 10.8 Å². The van der Waals surface area contributed by atoms with Gasteiger partial charge in [-0.1, -0.05) is 71.4 Å². The lowest BCUT2D eigenvalue weighted by Crippen LogP contribution is -2.40. The summed E-state index contributed by atoms with van der Waals surface area (Å²) in [6.45, 7) is 9.13. The standard InChI is InChI=1S/C16H31NO/c1-15(2)13-11-9-7-5-6-8-10-12-14(17-18)16(15,3)4/h18H,5-13H2,1-4H3. The van der Waals surface area contributed by atoms with Crippen LogP contribution in [-0.2, 0) is 0 Å². The van der Waals surface area contributed by atoms with E-state index in [9.17, 15) is 5.21 Å². The summed E-state index contributed by atoms with van der Waals surface area (Å²) in [5.41, 5.74) is 1.18. The van der Waals surface area contributed by atoms with Crippen molar-refractivity contribution in [2.75, 3.05) is 0 Å². The van der Waals surface area contributed by atoms with Gasteiger partial charge < -0.3 is 5.21 Å². The summed E-state index contributed by atoms with van der Waals surface area (Å²) in [7, 11) is 0. The van der Waals surface area contributed by atoms with E-state index in [1.165, 1.54) is 51.4 Å². The lowest BCUT2D eigenvalue weighted by Gasteiger charge is -2.42. The van der Waals surface area contributed by atoms with E-state index in [0.29, 0.717) is 0 Å². The van der Waals surface area contributed by atoms with Crippen LogP contribution in [0.4, 0.5) is 0 Å². The van der Waals surface area contributed by atoms with Gasteiger partial charge in [0.25, 0.3) is 0 Å². The molecular weight excluding hydrogens is 222 g/mol. The van der Waals surface area contributed by atoms with Gasteiger partial charge in [0.05, 0.1) is 5.71 Å². The third-order valence-corrected chi connectivity index (χ3v) is 5.25. The van der Waals surface area contributed by atoms with Gasteiger partial charge in [-0.2, -0.15) is 0 Å². The molecule has 0 aromatic carbocycles. The SMILES string of the molecule is CC1(C)CCCCCCCCCC(=NO)C1(C)C. The molecule has 0 radical (unpaired) electrons. The second-order valence-corrected chi connectivity index (χ2v) is 7.03. The number of oxime groups is 1. The fraction of sp³-hybridized carbons (Fsp3) is 0.938. The Morgan fingerprint density at radius 2 is 1.33 bits per heavy atom. The molecule has 0 saturated heterocycles. The molecule has 0 aliphatic heterocycles. The van der Waals surface area contributed by atoms with Gasteiger partial charge in [-0.05, 0) is 24.7 Å². The highest BCUT2D eigenvalue weighted by atomic mass is 16.4. The molecule has 1 saturated carbocycles. The minimum atomic E-state index is -0.0129. The van der Waals surface area contributed by atoms with Gasteiger partial charge in [-0.3, -0.25) is 0 Å². The van der Waals surface area contributed by atoms with E-state index in [1.54, 1.807) is 0 Å². The van der Waals surface area contributed by atoms with Crippen LogP contribution >= 0.6 is 0 Å². The summed E-state index contributed by atoms with van der Waals surface area (Å²) in [5.74, 6) is 0. The van der Waals surface area contributed by atoms with Crippen LogP contribution in [0.15, 0.2) is 5.16 Å².